The van der Waals surface area contributed by atoms with Crippen molar-refractivity contribution in [2.45, 2.75) is 13.0 Å². The Labute approximate surface area is 93.4 Å². The number of hydrogen-bond acceptors (Lipinski definition) is 4. The van der Waals surface area contributed by atoms with Gasteiger partial charge in [-0.15, -0.1) is 0 Å². The van der Waals surface area contributed by atoms with Gasteiger partial charge in [0.2, 0.25) is 0 Å². The van der Waals surface area contributed by atoms with Gasteiger partial charge in [-0.05, 0) is 30.7 Å². The van der Waals surface area contributed by atoms with Crippen molar-refractivity contribution >= 4 is 11.8 Å². The average molecular weight is 222 g/mol. The Morgan fingerprint density at radius 1 is 1.50 bits per heavy atom. The maximum atomic E-state index is 10.6. The van der Waals surface area contributed by atoms with E-state index < -0.39 is 4.92 Å². The van der Waals surface area contributed by atoms with Gasteiger partial charge in [0.25, 0.3) is 5.69 Å². The summed E-state index contributed by atoms with van der Waals surface area (Å²) in [5.74, 6) is 0. The summed E-state index contributed by atoms with van der Waals surface area (Å²) in [6.45, 7) is 0.227. The molecule has 16 heavy (non-hydrogen) atoms. The Bertz CT molecular complexity index is 402. The van der Waals surface area contributed by atoms with Gasteiger partial charge < -0.3 is 10.8 Å². The number of nitro groups is 1. The van der Waals surface area contributed by atoms with Gasteiger partial charge in [-0.3, -0.25) is 10.1 Å². The molecule has 86 valence electrons. The summed E-state index contributed by atoms with van der Waals surface area (Å²) in [6.07, 6.45) is 4.48. The second-order valence-electron chi connectivity index (χ2n) is 3.28. The van der Waals surface area contributed by atoms with Crippen LogP contribution in [-0.2, 0) is 6.61 Å². The minimum Gasteiger partial charge on any atom is -0.391 e. The SMILES string of the molecule is NCCC=Cc1ccc([N+](=O)[O-])c(CO)c1. The van der Waals surface area contributed by atoms with Gasteiger partial charge in [-0.2, -0.15) is 0 Å². The maximum Gasteiger partial charge on any atom is 0.274 e. The molecule has 0 bridgehead atoms. The lowest BCUT2D eigenvalue weighted by Gasteiger charge is -2.00. The van der Waals surface area contributed by atoms with E-state index in [0.29, 0.717) is 12.1 Å². The fourth-order valence-electron chi connectivity index (χ4n) is 1.33. The molecule has 1 aromatic rings. The molecule has 3 N–H and O–H groups in total. The quantitative estimate of drug-likeness (QED) is 0.582. The minimum absolute atomic E-state index is 0.0570. The highest BCUT2D eigenvalue weighted by Gasteiger charge is 2.12. The first-order valence-corrected chi connectivity index (χ1v) is 4.94. The predicted molar refractivity (Wildman–Crippen MR) is 61.7 cm³/mol. The zero-order valence-corrected chi connectivity index (χ0v) is 8.80. The molecule has 0 saturated heterocycles. The van der Waals surface area contributed by atoms with Crippen LogP contribution in [0.5, 0.6) is 0 Å². The zero-order valence-electron chi connectivity index (χ0n) is 8.80. The molecule has 0 unspecified atom stereocenters. The fourth-order valence-corrected chi connectivity index (χ4v) is 1.33. The Morgan fingerprint density at radius 2 is 2.25 bits per heavy atom. The lowest BCUT2D eigenvalue weighted by molar-refractivity contribution is -0.385. The molecular weight excluding hydrogens is 208 g/mol. The van der Waals surface area contributed by atoms with Crippen molar-refractivity contribution < 1.29 is 10.0 Å². The van der Waals surface area contributed by atoms with Crippen LogP contribution in [0, 0.1) is 10.1 Å². The van der Waals surface area contributed by atoms with E-state index >= 15 is 0 Å². The molecule has 0 fully saturated rings. The molecule has 5 heteroatoms. The highest BCUT2D eigenvalue weighted by molar-refractivity contribution is 5.55. The van der Waals surface area contributed by atoms with Crippen LogP contribution in [0.3, 0.4) is 0 Å². The molecule has 0 saturated carbocycles. The largest absolute Gasteiger partial charge is 0.391 e. The average Bonchev–Trinajstić information content (AvgIpc) is 2.29. The molecule has 5 nitrogen and oxygen atoms in total. The molecule has 1 rings (SSSR count). The van der Waals surface area contributed by atoms with Crippen molar-refractivity contribution in [3.05, 3.63) is 45.5 Å². The lowest BCUT2D eigenvalue weighted by Crippen LogP contribution is -1.96. The number of aliphatic hydroxyl groups is 1. The molecule has 0 aromatic heterocycles. The number of nitro benzene ring substituents is 1. The molecule has 0 heterocycles. The van der Waals surface area contributed by atoms with Crippen LogP contribution < -0.4 is 5.73 Å². The van der Waals surface area contributed by atoms with Crippen LogP contribution in [-0.4, -0.2) is 16.6 Å². The van der Waals surface area contributed by atoms with Gasteiger partial charge in [-0.1, -0.05) is 12.2 Å². The Morgan fingerprint density at radius 3 is 2.81 bits per heavy atom. The second-order valence-corrected chi connectivity index (χ2v) is 3.28. The van der Waals surface area contributed by atoms with Crippen LogP contribution in [0.4, 0.5) is 5.69 Å². The van der Waals surface area contributed by atoms with E-state index in [4.69, 9.17) is 10.8 Å². The van der Waals surface area contributed by atoms with Gasteiger partial charge in [0, 0.05) is 6.07 Å². The standard InChI is InChI=1S/C11H14N2O3/c12-6-2-1-3-9-4-5-11(13(15)16)10(7-9)8-14/h1,3-5,7,14H,2,6,8,12H2. The van der Waals surface area contributed by atoms with Crippen molar-refractivity contribution in [3.8, 4) is 0 Å². The number of nitrogens with zero attached hydrogens (tertiary/aromatic N) is 1. The highest BCUT2D eigenvalue weighted by atomic mass is 16.6. The monoisotopic (exact) mass is 222 g/mol. The number of hydrogen-bond donors (Lipinski definition) is 2. The van der Waals surface area contributed by atoms with Gasteiger partial charge >= 0.3 is 0 Å². The summed E-state index contributed by atoms with van der Waals surface area (Å²) < 4.78 is 0. The first-order chi connectivity index (χ1) is 7.69. The van der Waals surface area contributed by atoms with Crippen molar-refractivity contribution in [2.75, 3.05) is 6.54 Å². The first-order valence-electron chi connectivity index (χ1n) is 4.94. The molecule has 0 amide bonds. The summed E-state index contributed by atoms with van der Waals surface area (Å²) in [5.41, 5.74) is 6.42. The topological polar surface area (TPSA) is 89.4 Å². The minimum atomic E-state index is -0.501. The van der Waals surface area contributed by atoms with Gasteiger partial charge in [0.05, 0.1) is 17.1 Å². The van der Waals surface area contributed by atoms with Crippen molar-refractivity contribution in [2.24, 2.45) is 5.73 Å². The van der Waals surface area contributed by atoms with Crippen LogP contribution >= 0.6 is 0 Å². The van der Waals surface area contributed by atoms with Crippen LogP contribution in [0.25, 0.3) is 6.08 Å². The molecule has 0 radical (unpaired) electrons. The number of rotatable bonds is 5. The third-order valence-electron chi connectivity index (χ3n) is 2.11. The lowest BCUT2D eigenvalue weighted by atomic mass is 10.1. The predicted octanol–water partition coefficient (Wildman–Crippen LogP) is 1.45. The van der Waals surface area contributed by atoms with Crippen molar-refractivity contribution in [1.82, 2.24) is 0 Å². The number of aliphatic hydroxyl groups excluding tert-OH is 1. The molecule has 0 spiro atoms. The molecule has 0 aliphatic rings. The van der Waals surface area contributed by atoms with E-state index in [0.717, 1.165) is 12.0 Å². The zero-order chi connectivity index (χ0) is 12.0. The van der Waals surface area contributed by atoms with Crippen LogP contribution in [0.15, 0.2) is 24.3 Å². The molecule has 1 aromatic carbocycles. The summed E-state index contributed by atoms with van der Waals surface area (Å²) in [7, 11) is 0. The molecule has 0 aliphatic carbocycles. The smallest absolute Gasteiger partial charge is 0.274 e. The molecular formula is C11H14N2O3. The Balaban J connectivity index is 2.95. The summed E-state index contributed by atoms with van der Waals surface area (Å²) in [5, 5.41) is 19.6. The molecule has 0 atom stereocenters. The molecule has 0 aliphatic heterocycles. The van der Waals surface area contributed by atoms with Gasteiger partial charge in [0.15, 0.2) is 0 Å². The summed E-state index contributed by atoms with van der Waals surface area (Å²) >= 11 is 0. The third kappa shape index (κ3) is 3.15. The Kier molecular flexibility index (Phi) is 4.63. The van der Waals surface area contributed by atoms with E-state index in [-0.39, 0.29) is 12.3 Å². The third-order valence-corrected chi connectivity index (χ3v) is 2.11. The number of benzene rings is 1. The van der Waals surface area contributed by atoms with Crippen LogP contribution in [0.2, 0.25) is 0 Å². The highest BCUT2D eigenvalue weighted by Crippen LogP contribution is 2.20. The summed E-state index contributed by atoms with van der Waals surface area (Å²) in [4.78, 5) is 10.1. The summed E-state index contributed by atoms with van der Waals surface area (Å²) in [6, 6.07) is 4.64. The normalized spacial score (nSPS) is 10.9. The maximum absolute atomic E-state index is 10.6. The number of nitrogens with two attached hydrogens (primary N) is 1. The van der Waals surface area contributed by atoms with E-state index in [9.17, 15) is 10.1 Å². The van der Waals surface area contributed by atoms with E-state index in [1.807, 2.05) is 12.2 Å². The van der Waals surface area contributed by atoms with Crippen molar-refractivity contribution in [3.63, 3.8) is 0 Å². The van der Waals surface area contributed by atoms with E-state index in [1.54, 1.807) is 12.1 Å². The van der Waals surface area contributed by atoms with Crippen molar-refractivity contribution in [1.29, 1.82) is 0 Å². The van der Waals surface area contributed by atoms with Gasteiger partial charge in [-0.25, -0.2) is 0 Å². The van der Waals surface area contributed by atoms with E-state index in [2.05, 4.69) is 0 Å². The fraction of sp³-hybridized carbons (Fsp3) is 0.273. The second kappa shape index (κ2) is 5.99. The van der Waals surface area contributed by atoms with Gasteiger partial charge in [0.1, 0.15) is 0 Å². The van der Waals surface area contributed by atoms with E-state index in [1.165, 1.54) is 6.07 Å². The first kappa shape index (κ1) is 12.4. The van der Waals surface area contributed by atoms with Crippen LogP contribution in [0.1, 0.15) is 17.5 Å². The Hall–Kier alpha value is -1.72.